The molecule has 2 aliphatic heterocycles. The van der Waals surface area contributed by atoms with E-state index in [-0.39, 0.29) is 38.9 Å². The largest absolute Gasteiger partial charge is 0.391 e. The minimum absolute atomic E-state index is 0.00391. The first-order valence-electron chi connectivity index (χ1n) is 15.9. The summed E-state index contributed by atoms with van der Waals surface area (Å²) in [5, 5.41) is 20.0. The van der Waals surface area contributed by atoms with E-state index in [4.69, 9.17) is 0 Å². The number of H-pyrrole nitrogens is 1. The number of rotatable bonds is 5. The van der Waals surface area contributed by atoms with Crippen LogP contribution in [-0.2, 0) is 32.0 Å². The molecule has 2 fully saturated rings. The van der Waals surface area contributed by atoms with E-state index in [0.717, 1.165) is 22.0 Å². The number of nitrogens with one attached hydrogen (secondary N) is 4. The minimum atomic E-state index is -1.12. The quantitative estimate of drug-likeness (QED) is 0.209. The molecule has 6 rings (SSSR count). The fourth-order valence-corrected chi connectivity index (χ4v) is 6.33. The summed E-state index contributed by atoms with van der Waals surface area (Å²) in [4.78, 5) is 78.5. The van der Waals surface area contributed by atoms with Gasteiger partial charge in [-0.2, -0.15) is 0 Å². The van der Waals surface area contributed by atoms with E-state index in [1.54, 1.807) is 6.20 Å². The second kappa shape index (κ2) is 14.5. The maximum Gasteiger partial charge on any atom is 0.254 e. The average Bonchev–Trinajstić information content (AvgIpc) is 3.70. The topological polar surface area (TPSA) is 177 Å². The van der Waals surface area contributed by atoms with E-state index in [1.807, 2.05) is 54.6 Å². The summed E-state index contributed by atoms with van der Waals surface area (Å²) < 4.78 is 0. The average molecular weight is 652 g/mol. The van der Waals surface area contributed by atoms with E-state index in [0.29, 0.717) is 5.56 Å². The van der Waals surface area contributed by atoms with E-state index in [9.17, 15) is 29.1 Å². The van der Waals surface area contributed by atoms with Gasteiger partial charge in [0.25, 0.3) is 5.91 Å². The van der Waals surface area contributed by atoms with Gasteiger partial charge in [0, 0.05) is 74.0 Å². The standard InChI is InChI=1S/C35H37N7O6/c43-25-18-30-33(46)40-28(16-22-6-2-1-3-7-22)32(45)37-14-15-41(34(47)23-10-12-36-13-11-23)21-31(44)39-29(35(48)42(30)20-25)17-24-19-38-27-9-5-4-8-26(24)27/h1-13,19,25,28-30,38,43H,14-18,20-21H2,(H,37,45)(H,39,44)(H,40,46)/t25-,28+,29-,30+/m1/s1. The van der Waals surface area contributed by atoms with Gasteiger partial charge in [-0.15, -0.1) is 0 Å². The van der Waals surface area contributed by atoms with Crippen LogP contribution >= 0.6 is 0 Å². The van der Waals surface area contributed by atoms with Gasteiger partial charge in [0.2, 0.25) is 23.6 Å². The first-order valence-corrected chi connectivity index (χ1v) is 15.9. The minimum Gasteiger partial charge on any atom is -0.391 e. The summed E-state index contributed by atoms with van der Waals surface area (Å²) >= 11 is 0. The summed E-state index contributed by atoms with van der Waals surface area (Å²) in [6.07, 6.45) is 3.96. The number of nitrogens with zero attached hydrogens (tertiary/aromatic N) is 3. The van der Waals surface area contributed by atoms with Gasteiger partial charge in [-0.3, -0.25) is 29.0 Å². The van der Waals surface area contributed by atoms with Crippen molar-refractivity contribution in [1.82, 2.24) is 35.7 Å². The van der Waals surface area contributed by atoms with Crippen molar-refractivity contribution in [3.63, 3.8) is 0 Å². The molecule has 2 aromatic carbocycles. The number of hydrogen-bond acceptors (Lipinski definition) is 7. The molecular formula is C35H37N7O6. The number of hydrogen-bond donors (Lipinski definition) is 5. The number of carbonyl (C=O) groups is 5. The van der Waals surface area contributed by atoms with Gasteiger partial charge in [0.15, 0.2) is 0 Å². The smallest absolute Gasteiger partial charge is 0.254 e. The molecule has 13 nitrogen and oxygen atoms in total. The zero-order valence-electron chi connectivity index (χ0n) is 26.2. The van der Waals surface area contributed by atoms with Crippen LogP contribution in [0.5, 0.6) is 0 Å². The van der Waals surface area contributed by atoms with Crippen molar-refractivity contribution >= 4 is 40.4 Å². The molecule has 48 heavy (non-hydrogen) atoms. The number of fused-ring (bicyclic) bond motifs is 2. The molecule has 2 aromatic heterocycles. The van der Waals surface area contributed by atoms with E-state index < -0.39 is 60.3 Å². The first kappa shape index (κ1) is 32.4. The van der Waals surface area contributed by atoms with Crippen LogP contribution in [-0.4, -0.2) is 105 Å². The Morgan fingerprint density at radius 1 is 0.875 bits per heavy atom. The Morgan fingerprint density at radius 2 is 1.62 bits per heavy atom. The van der Waals surface area contributed by atoms with Crippen molar-refractivity contribution < 1.29 is 29.1 Å². The maximum atomic E-state index is 14.3. The van der Waals surface area contributed by atoms with Crippen molar-refractivity contribution in [2.75, 3.05) is 26.2 Å². The number of aromatic nitrogens is 2. The lowest BCUT2D eigenvalue weighted by atomic mass is 10.0. The van der Waals surface area contributed by atoms with Gasteiger partial charge in [-0.05, 0) is 29.3 Å². The third-order valence-corrected chi connectivity index (χ3v) is 8.74. The van der Waals surface area contributed by atoms with Crippen molar-refractivity contribution in [2.45, 2.75) is 43.5 Å². The van der Waals surface area contributed by atoms with Gasteiger partial charge in [-0.1, -0.05) is 48.5 Å². The third-order valence-electron chi connectivity index (χ3n) is 8.74. The van der Waals surface area contributed by atoms with Crippen LogP contribution in [0.4, 0.5) is 0 Å². The van der Waals surface area contributed by atoms with Gasteiger partial charge in [0.1, 0.15) is 18.1 Å². The first-order chi connectivity index (χ1) is 23.3. The number of pyridine rings is 1. The summed E-state index contributed by atoms with van der Waals surface area (Å²) in [6, 6.07) is 16.6. The highest BCUT2D eigenvalue weighted by molar-refractivity contribution is 5.98. The van der Waals surface area contributed by atoms with Crippen molar-refractivity contribution in [2.24, 2.45) is 0 Å². The van der Waals surface area contributed by atoms with Crippen molar-refractivity contribution in [3.05, 3.63) is 102 Å². The van der Waals surface area contributed by atoms with Gasteiger partial charge in [0.05, 0.1) is 12.6 Å². The van der Waals surface area contributed by atoms with Crippen molar-refractivity contribution in [3.8, 4) is 0 Å². The second-order valence-electron chi connectivity index (χ2n) is 12.1. The zero-order valence-corrected chi connectivity index (χ0v) is 26.2. The molecule has 248 valence electrons. The maximum absolute atomic E-state index is 14.3. The Hall–Kier alpha value is -5.56. The zero-order chi connectivity index (χ0) is 33.6. The Bertz CT molecular complexity index is 1800. The fraction of sp³-hybridized carbons (Fsp3) is 0.314. The fourth-order valence-electron chi connectivity index (χ4n) is 6.33. The molecule has 2 saturated heterocycles. The molecule has 2 aliphatic rings. The van der Waals surface area contributed by atoms with Crippen LogP contribution in [0, 0.1) is 0 Å². The molecule has 4 atom stereocenters. The number of carbonyl (C=O) groups excluding carboxylic acids is 5. The Kier molecular flexibility index (Phi) is 9.76. The number of aromatic amines is 1. The van der Waals surface area contributed by atoms with E-state index in [2.05, 4.69) is 25.9 Å². The van der Waals surface area contributed by atoms with Crippen LogP contribution < -0.4 is 16.0 Å². The predicted octanol–water partition coefficient (Wildman–Crippen LogP) is 0.552. The molecule has 0 spiro atoms. The SMILES string of the molecule is O=C1CN(C(=O)c2ccncc2)CCNC(=O)[C@H](Cc2ccccc2)NC(=O)[C@@H]2C[C@@H](O)CN2C(=O)[C@@H](Cc2c[nH]c3ccccc23)N1. The third kappa shape index (κ3) is 7.36. The predicted molar refractivity (Wildman–Crippen MR) is 175 cm³/mol. The Balaban J connectivity index is 1.34. The second-order valence-corrected chi connectivity index (χ2v) is 12.1. The lowest BCUT2D eigenvalue weighted by molar-refractivity contribution is -0.142. The van der Waals surface area contributed by atoms with Crippen LogP contribution in [0.1, 0.15) is 27.9 Å². The summed E-state index contributed by atoms with van der Waals surface area (Å²) in [6.45, 7) is -0.546. The van der Waals surface area contributed by atoms with Crippen LogP contribution in [0.2, 0.25) is 0 Å². The van der Waals surface area contributed by atoms with Crippen LogP contribution in [0.15, 0.2) is 85.3 Å². The molecule has 0 saturated carbocycles. The molecule has 0 radical (unpaired) electrons. The Labute approximate surface area is 276 Å². The molecule has 0 bridgehead atoms. The molecular weight excluding hydrogens is 614 g/mol. The highest BCUT2D eigenvalue weighted by Crippen LogP contribution is 2.24. The number of para-hydroxylation sites is 1. The summed E-state index contributed by atoms with van der Waals surface area (Å²) in [5.74, 6) is -2.69. The highest BCUT2D eigenvalue weighted by atomic mass is 16.3. The van der Waals surface area contributed by atoms with Crippen molar-refractivity contribution in [1.29, 1.82) is 0 Å². The highest BCUT2D eigenvalue weighted by Gasteiger charge is 2.43. The van der Waals surface area contributed by atoms with Crippen LogP contribution in [0.3, 0.4) is 0 Å². The number of amides is 5. The van der Waals surface area contributed by atoms with Gasteiger partial charge in [-0.25, -0.2) is 0 Å². The molecule has 5 N–H and O–H groups in total. The molecule has 13 heteroatoms. The normalized spacial score (nSPS) is 22.7. The molecule has 5 amide bonds. The van der Waals surface area contributed by atoms with Gasteiger partial charge >= 0.3 is 0 Å². The lowest BCUT2D eigenvalue weighted by Gasteiger charge is -2.30. The van der Waals surface area contributed by atoms with Crippen LogP contribution in [0.25, 0.3) is 10.9 Å². The number of benzene rings is 2. The molecule has 4 aromatic rings. The summed E-state index contributed by atoms with van der Waals surface area (Å²) in [5.41, 5.74) is 2.73. The molecule has 0 unspecified atom stereocenters. The van der Waals surface area contributed by atoms with E-state index >= 15 is 0 Å². The number of aliphatic hydroxyl groups is 1. The van der Waals surface area contributed by atoms with Gasteiger partial charge < -0.3 is 35.8 Å². The molecule has 0 aliphatic carbocycles. The molecule has 4 heterocycles. The Morgan fingerprint density at radius 3 is 2.42 bits per heavy atom. The van der Waals surface area contributed by atoms with E-state index in [1.165, 1.54) is 34.3 Å². The number of aliphatic hydroxyl groups excluding tert-OH is 1. The monoisotopic (exact) mass is 651 g/mol. The summed E-state index contributed by atoms with van der Waals surface area (Å²) in [7, 11) is 0. The lowest BCUT2D eigenvalue weighted by Crippen LogP contribution is -2.57.